The number of furan rings is 1. The Hall–Kier alpha value is -1.78. The quantitative estimate of drug-likeness (QED) is 0.295. The fourth-order valence-electron chi connectivity index (χ4n) is 3.05. The minimum absolute atomic E-state index is 0. The van der Waals surface area contributed by atoms with Crippen molar-refractivity contribution in [2.75, 3.05) is 51.3 Å². The van der Waals surface area contributed by atoms with Crippen LogP contribution in [0.1, 0.15) is 19.6 Å². The van der Waals surface area contributed by atoms with Gasteiger partial charge in [-0.3, -0.25) is 9.89 Å². The molecule has 3 rings (SSSR count). The van der Waals surface area contributed by atoms with Crippen LogP contribution in [0.4, 0.5) is 5.69 Å². The standard InChI is InChI=1S/C22H32N4O3.HI/c1-18(2)29-21-7-5-19(6-8-21)25-22(23-10-9-20-4-3-15-28-20)24-11-12-26-13-16-27-17-14-26;/h3-8,15,18H,9-14,16-17H2,1-2H3,(H2,23,24,25);1H. The molecule has 0 aliphatic carbocycles. The Morgan fingerprint density at radius 2 is 1.93 bits per heavy atom. The van der Waals surface area contributed by atoms with E-state index in [4.69, 9.17) is 18.9 Å². The van der Waals surface area contributed by atoms with Crippen LogP contribution < -0.4 is 15.4 Å². The lowest BCUT2D eigenvalue weighted by Gasteiger charge is -2.25. The summed E-state index contributed by atoms with van der Waals surface area (Å²) in [5, 5.41) is 6.78. The molecule has 0 amide bonds. The molecule has 2 N–H and O–H groups in total. The highest BCUT2D eigenvalue weighted by molar-refractivity contribution is 14.0. The van der Waals surface area contributed by atoms with Gasteiger partial charge in [-0.2, -0.15) is 0 Å². The van der Waals surface area contributed by atoms with E-state index in [-0.39, 0.29) is 30.1 Å². The maximum Gasteiger partial charge on any atom is 0.195 e. The van der Waals surface area contributed by atoms with Crippen molar-refractivity contribution in [3.8, 4) is 5.75 Å². The van der Waals surface area contributed by atoms with Crippen molar-refractivity contribution in [2.45, 2.75) is 26.4 Å². The van der Waals surface area contributed by atoms with Crippen molar-refractivity contribution >= 4 is 35.6 Å². The van der Waals surface area contributed by atoms with Gasteiger partial charge in [-0.15, -0.1) is 24.0 Å². The van der Waals surface area contributed by atoms with E-state index in [9.17, 15) is 0 Å². The summed E-state index contributed by atoms with van der Waals surface area (Å²) in [6.07, 6.45) is 2.67. The molecule has 1 aliphatic heterocycles. The predicted molar refractivity (Wildman–Crippen MR) is 131 cm³/mol. The van der Waals surface area contributed by atoms with Crippen LogP contribution in [0, 0.1) is 0 Å². The molecule has 7 nitrogen and oxygen atoms in total. The second kappa shape index (κ2) is 13.5. The zero-order valence-electron chi connectivity index (χ0n) is 17.8. The maximum atomic E-state index is 5.71. The number of ether oxygens (including phenoxy) is 2. The Bertz CT molecular complexity index is 729. The summed E-state index contributed by atoms with van der Waals surface area (Å²) in [4.78, 5) is 7.13. The molecule has 1 saturated heterocycles. The van der Waals surface area contributed by atoms with E-state index in [0.717, 1.165) is 75.5 Å². The first-order valence-electron chi connectivity index (χ1n) is 10.3. The zero-order chi connectivity index (χ0) is 20.3. The van der Waals surface area contributed by atoms with Gasteiger partial charge in [0.2, 0.25) is 0 Å². The number of hydrogen-bond acceptors (Lipinski definition) is 5. The molecule has 0 spiro atoms. The van der Waals surface area contributed by atoms with Gasteiger partial charge in [-0.1, -0.05) is 0 Å². The van der Waals surface area contributed by atoms with Crippen molar-refractivity contribution in [2.24, 2.45) is 4.99 Å². The van der Waals surface area contributed by atoms with Crippen LogP contribution in [0.25, 0.3) is 0 Å². The molecule has 30 heavy (non-hydrogen) atoms. The number of morpholine rings is 1. The largest absolute Gasteiger partial charge is 0.491 e. The van der Waals surface area contributed by atoms with Crippen molar-refractivity contribution in [1.29, 1.82) is 0 Å². The molecule has 1 aliphatic rings. The van der Waals surface area contributed by atoms with Crippen molar-refractivity contribution < 1.29 is 13.9 Å². The number of anilines is 1. The van der Waals surface area contributed by atoms with E-state index >= 15 is 0 Å². The van der Waals surface area contributed by atoms with Crippen molar-refractivity contribution in [3.05, 3.63) is 48.4 Å². The summed E-state index contributed by atoms with van der Waals surface area (Å²) >= 11 is 0. The van der Waals surface area contributed by atoms with E-state index in [1.54, 1.807) is 6.26 Å². The first kappa shape index (κ1) is 24.5. The zero-order valence-corrected chi connectivity index (χ0v) is 20.1. The highest BCUT2D eigenvalue weighted by Gasteiger charge is 2.09. The number of nitrogens with zero attached hydrogens (tertiary/aromatic N) is 2. The second-order valence-electron chi connectivity index (χ2n) is 7.26. The third kappa shape index (κ3) is 8.93. The van der Waals surface area contributed by atoms with E-state index in [2.05, 4.69) is 15.5 Å². The molecule has 8 heteroatoms. The second-order valence-corrected chi connectivity index (χ2v) is 7.26. The van der Waals surface area contributed by atoms with Gasteiger partial charge in [0, 0.05) is 38.3 Å². The van der Waals surface area contributed by atoms with E-state index in [0.29, 0.717) is 0 Å². The van der Waals surface area contributed by atoms with Crippen LogP contribution in [-0.2, 0) is 11.2 Å². The molecule has 1 fully saturated rings. The van der Waals surface area contributed by atoms with Gasteiger partial charge in [0.15, 0.2) is 5.96 Å². The van der Waals surface area contributed by atoms with Gasteiger partial charge in [-0.25, -0.2) is 0 Å². The molecular weight excluding hydrogens is 495 g/mol. The molecule has 0 atom stereocenters. The number of benzene rings is 1. The van der Waals surface area contributed by atoms with Crippen LogP contribution in [0.5, 0.6) is 5.75 Å². The maximum absolute atomic E-state index is 5.71. The molecule has 1 aromatic heterocycles. The third-order valence-corrected chi connectivity index (χ3v) is 4.52. The summed E-state index contributed by atoms with van der Waals surface area (Å²) < 4.78 is 16.5. The average Bonchev–Trinajstić information content (AvgIpc) is 3.23. The monoisotopic (exact) mass is 528 g/mol. The lowest BCUT2D eigenvalue weighted by molar-refractivity contribution is 0.0394. The Morgan fingerprint density at radius 1 is 1.17 bits per heavy atom. The predicted octanol–water partition coefficient (Wildman–Crippen LogP) is 3.62. The Balaban J connectivity index is 0.00000320. The van der Waals surface area contributed by atoms with Gasteiger partial charge < -0.3 is 24.5 Å². The fraction of sp³-hybridized carbons (Fsp3) is 0.500. The van der Waals surface area contributed by atoms with Gasteiger partial charge in [0.05, 0.1) is 32.1 Å². The highest BCUT2D eigenvalue weighted by Crippen LogP contribution is 2.16. The summed E-state index contributed by atoms with van der Waals surface area (Å²) in [7, 11) is 0. The van der Waals surface area contributed by atoms with E-state index < -0.39 is 0 Å². The average molecular weight is 528 g/mol. The molecule has 1 aromatic carbocycles. The Labute approximate surface area is 196 Å². The highest BCUT2D eigenvalue weighted by atomic mass is 127. The molecule has 0 bridgehead atoms. The number of halogens is 1. The van der Waals surface area contributed by atoms with Crippen LogP contribution in [0.2, 0.25) is 0 Å². The number of aliphatic imine (C=N–C) groups is 1. The third-order valence-electron chi connectivity index (χ3n) is 4.52. The van der Waals surface area contributed by atoms with E-state index in [1.807, 2.05) is 50.2 Å². The summed E-state index contributed by atoms with van der Waals surface area (Å²) in [5.41, 5.74) is 0.969. The number of rotatable bonds is 9. The molecular formula is C22H33IN4O3. The summed E-state index contributed by atoms with van der Waals surface area (Å²) in [5.74, 6) is 2.59. The lowest BCUT2D eigenvalue weighted by atomic mass is 10.3. The van der Waals surface area contributed by atoms with Gasteiger partial charge in [-0.05, 0) is 50.2 Å². The topological polar surface area (TPSA) is 71.3 Å². The van der Waals surface area contributed by atoms with Crippen LogP contribution >= 0.6 is 24.0 Å². The van der Waals surface area contributed by atoms with Gasteiger partial charge in [0.1, 0.15) is 11.5 Å². The smallest absolute Gasteiger partial charge is 0.195 e. The molecule has 0 unspecified atom stereocenters. The normalized spacial score (nSPS) is 15.0. The molecule has 2 aromatic rings. The van der Waals surface area contributed by atoms with E-state index in [1.165, 1.54) is 0 Å². The van der Waals surface area contributed by atoms with Crippen LogP contribution in [-0.4, -0.2) is 62.9 Å². The Kier molecular flexibility index (Phi) is 11.0. The number of nitrogens with one attached hydrogen (secondary N) is 2. The number of hydrogen-bond donors (Lipinski definition) is 2. The van der Waals surface area contributed by atoms with Crippen molar-refractivity contribution in [1.82, 2.24) is 10.2 Å². The van der Waals surface area contributed by atoms with Crippen molar-refractivity contribution in [3.63, 3.8) is 0 Å². The molecule has 166 valence electrons. The van der Waals surface area contributed by atoms with Gasteiger partial charge in [0.25, 0.3) is 0 Å². The minimum Gasteiger partial charge on any atom is -0.491 e. The molecule has 0 radical (unpaired) electrons. The van der Waals surface area contributed by atoms with Gasteiger partial charge >= 0.3 is 0 Å². The lowest BCUT2D eigenvalue weighted by Crippen LogP contribution is -2.38. The number of guanidine groups is 1. The fourth-order valence-corrected chi connectivity index (χ4v) is 3.05. The van der Waals surface area contributed by atoms with Crippen LogP contribution in [0.3, 0.4) is 0 Å². The SMILES string of the molecule is CC(C)Oc1ccc(NC(=NCCN2CCOCC2)NCCc2ccco2)cc1.I. The molecule has 0 saturated carbocycles. The summed E-state index contributed by atoms with van der Waals surface area (Å²) in [6.45, 7) is 10.00. The first-order chi connectivity index (χ1) is 14.2. The first-order valence-corrected chi connectivity index (χ1v) is 10.3. The Morgan fingerprint density at radius 3 is 2.60 bits per heavy atom. The minimum atomic E-state index is 0. The van der Waals surface area contributed by atoms with Crippen LogP contribution in [0.15, 0.2) is 52.1 Å². The molecule has 2 heterocycles. The summed E-state index contributed by atoms with van der Waals surface area (Å²) in [6, 6.07) is 11.8.